The van der Waals surface area contributed by atoms with E-state index in [1.807, 2.05) is 20.8 Å². The fourth-order valence-electron chi connectivity index (χ4n) is 1.56. The maximum Gasteiger partial charge on any atom is 0.287 e. The van der Waals surface area contributed by atoms with Crippen LogP contribution in [-0.2, 0) is 5.41 Å². The summed E-state index contributed by atoms with van der Waals surface area (Å²) in [5.74, 6) is 0.907. The Morgan fingerprint density at radius 3 is 2.47 bits per heavy atom. The zero-order valence-corrected chi connectivity index (χ0v) is 11.0. The van der Waals surface area contributed by atoms with E-state index < -0.39 is 4.92 Å². The molecule has 0 fully saturated rings. The van der Waals surface area contributed by atoms with Crippen molar-refractivity contribution in [2.75, 3.05) is 5.73 Å². The predicted octanol–water partition coefficient (Wildman–Crippen LogP) is 2.06. The maximum atomic E-state index is 10.6. The molecule has 0 amide bonds. The Bertz CT molecular complexity index is 610. The molecule has 0 aromatic carbocycles. The van der Waals surface area contributed by atoms with E-state index in [2.05, 4.69) is 10.1 Å². The van der Waals surface area contributed by atoms with Crippen LogP contribution in [0.5, 0.6) is 0 Å². The first-order valence-electron chi connectivity index (χ1n) is 5.76. The SMILES string of the molecule is CC(C)(C)c1cc(N)n(-c2ccc([N+](=O)[O-])cn2)n1. The summed E-state index contributed by atoms with van der Waals surface area (Å²) in [5.41, 5.74) is 6.54. The van der Waals surface area contributed by atoms with E-state index >= 15 is 0 Å². The van der Waals surface area contributed by atoms with E-state index in [0.29, 0.717) is 11.6 Å². The van der Waals surface area contributed by atoms with Crippen LogP contribution in [-0.4, -0.2) is 19.7 Å². The molecule has 2 aromatic heterocycles. The molecule has 0 aliphatic carbocycles. The van der Waals surface area contributed by atoms with Crippen molar-refractivity contribution in [3.63, 3.8) is 0 Å². The zero-order chi connectivity index (χ0) is 14.2. The smallest absolute Gasteiger partial charge is 0.287 e. The van der Waals surface area contributed by atoms with Gasteiger partial charge in [0.2, 0.25) is 0 Å². The molecule has 19 heavy (non-hydrogen) atoms. The Hall–Kier alpha value is -2.44. The monoisotopic (exact) mass is 261 g/mol. The first-order valence-corrected chi connectivity index (χ1v) is 5.76. The number of nitrogen functional groups attached to an aromatic ring is 1. The summed E-state index contributed by atoms with van der Waals surface area (Å²) in [4.78, 5) is 14.1. The van der Waals surface area contributed by atoms with Crippen LogP contribution in [0.1, 0.15) is 26.5 Å². The number of pyridine rings is 1. The number of hydrogen-bond acceptors (Lipinski definition) is 5. The quantitative estimate of drug-likeness (QED) is 0.658. The van der Waals surface area contributed by atoms with Gasteiger partial charge in [0, 0.05) is 17.5 Å². The van der Waals surface area contributed by atoms with Gasteiger partial charge in [0.05, 0.1) is 10.6 Å². The minimum atomic E-state index is -0.496. The van der Waals surface area contributed by atoms with Crippen molar-refractivity contribution in [2.24, 2.45) is 0 Å². The summed E-state index contributed by atoms with van der Waals surface area (Å²) >= 11 is 0. The lowest BCUT2D eigenvalue weighted by atomic mass is 9.92. The molecule has 0 aliphatic rings. The summed E-state index contributed by atoms with van der Waals surface area (Å²) in [6, 6.07) is 4.68. The van der Waals surface area contributed by atoms with Gasteiger partial charge in [0.25, 0.3) is 5.69 Å². The fourth-order valence-corrected chi connectivity index (χ4v) is 1.56. The van der Waals surface area contributed by atoms with Crippen LogP contribution < -0.4 is 5.73 Å². The zero-order valence-electron chi connectivity index (χ0n) is 11.0. The molecule has 7 nitrogen and oxygen atoms in total. The van der Waals surface area contributed by atoms with Gasteiger partial charge < -0.3 is 5.73 Å². The average Bonchev–Trinajstić information content (AvgIpc) is 2.71. The number of aromatic nitrogens is 3. The molecule has 0 unspecified atom stereocenters. The minimum absolute atomic E-state index is 0.0643. The van der Waals surface area contributed by atoms with Crippen molar-refractivity contribution >= 4 is 11.5 Å². The number of nitrogens with zero attached hydrogens (tertiary/aromatic N) is 4. The molecule has 2 heterocycles. The molecule has 7 heteroatoms. The summed E-state index contributed by atoms with van der Waals surface area (Å²) < 4.78 is 1.48. The van der Waals surface area contributed by atoms with Gasteiger partial charge in [-0.05, 0) is 6.07 Å². The molecule has 0 radical (unpaired) electrons. The molecule has 0 bridgehead atoms. The highest BCUT2D eigenvalue weighted by Crippen LogP contribution is 2.24. The van der Waals surface area contributed by atoms with Gasteiger partial charge in [-0.3, -0.25) is 10.1 Å². The van der Waals surface area contributed by atoms with Crippen molar-refractivity contribution in [1.29, 1.82) is 0 Å². The average molecular weight is 261 g/mol. The van der Waals surface area contributed by atoms with Crippen LogP contribution in [0.2, 0.25) is 0 Å². The molecule has 100 valence electrons. The Balaban J connectivity index is 2.42. The van der Waals surface area contributed by atoms with Gasteiger partial charge in [-0.2, -0.15) is 9.78 Å². The largest absolute Gasteiger partial charge is 0.384 e. The van der Waals surface area contributed by atoms with Crippen molar-refractivity contribution < 1.29 is 4.92 Å². The molecular formula is C12H15N5O2. The fraction of sp³-hybridized carbons (Fsp3) is 0.333. The predicted molar refractivity (Wildman–Crippen MR) is 71.1 cm³/mol. The van der Waals surface area contributed by atoms with Gasteiger partial charge in [0.1, 0.15) is 12.0 Å². The van der Waals surface area contributed by atoms with E-state index in [9.17, 15) is 10.1 Å². The molecule has 0 spiro atoms. The summed E-state index contributed by atoms with van der Waals surface area (Å²) in [6.07, 6.45) is 1.19. The van der Waals surface area contributed by atoms with Crippen LogP contribution >= 0.6 is 0 Å². The Labute approximate surface area is 110 Å². The Morgan fingerprint density at radius 1 is 1.37 bits per heavy atom. The second kappa shape index (κ2) is 4.34. The van der Waals surface area contributed by atoms with Gasteiger partial charge >= 0.3 is 0 Å². The molecule has 0 aliphatic heterocycles. The summed E-state index contributed by atoms with van der Waals surface area (Å²) in [6.45, 7) is 6.09. The van der Waals surface area contributed by atoms with Gasteiger partial charge in [-0.15, -0.1) is 0 Å². The summed E-state index contributed by atoms with van der Waals surface area (Å²) in [7, 11) is 0. The number of anilines is 1. The molecule has 0 saturated heterocycles. The van der Waals surface area contributed by atoms with Gasteiger partial charge in [-0.25, -0.2) is 4.98 Å². The second-order valence-corrected chi connectivity index (χ2v) is 5.25. The van der Waals surface area contributed by atoms with Crippen LogP contribution in [0.3, 0.4) is 0 Å². The van der Waals surface area contributed by atoms with E-state index in [1.165, 1.54) is 23.0 Å². The highest BCUT2D eigenvalue weighted by Gasteiger charge is 2.20. The van der Waals surface area contributed by atoms with E-state index in [4.69, 9.17) is 5.73 Å². The maximum absolute atomic E-state index is 10.6. The third-order valence-corrected chi connectivity index (χ3v) is 2.67. The highest BCUT2D eigenvalue weighted by atomic mass is 16.6. The molecule has 2 aromatic rings. The number of nitro groups is 1. The van der Waals surface area contributed by atoms with E-state index in [0.717, 1.165) is 5.69 Å². The van der Waals surface area contributed by atoms with Crippen LogP contribution in [0.4, 0.5) is 11.5 Å². The van der Waals surface area contributed by atoms with Gasteiger partial charge in [0.15, 0.2) is 5.82 Å². The first kappa shape index (κ1) is 13.0. The second-order valence-electron chi connectivity index (χ2n) is 5.25. The minimum Gasteiger partial charge on any atom is -0.384 e. The molecule has 2 N–H and O–H groups in total. The lowest BCUT2D eigenvalue weighted by Crippen LogP contribution is -2.13. The lowest BCUT2D eigenvalue weighted by molar-refractivity contribution is -0.385. The highest BCUT2D eigenvalue weighted by molar-refractivity contribution is 5.42. The van der Waals surface area contributed by atoms with Crippen molar-refractivity contribution in [3.05, 3.63) is 40.2 Å². The number of rotatable bonds is 2. The van der Waals surface area contributed by atoms with Crippen molar-refractivity contribution in [1.82, 2.24) is 14.8 Å². The Morgan fingerprint density at radius 2 is 2.05 bits per heavy atom. The molecule has 2 rings (SSSR count). The molecule has 0 saturated carbocycles. The molecule has 0 atom stereocenters. The Kier molecular flexibility index (Phi) is 2.97. The van der Waals surface area contributed by atoms with E-state index in [-0.39, 0.29) is 11.1 Å². The third kappa shape index (κ3) is 2.54. The van der Waals surface area contributed by atoms with Crippen molar-refractivity contribution in [2.45, 2.75) is 26.2 Å². The van der Waals surface area contributed by atoms with Crippen molar-refractivity contribution in [3.8, 4) is 5.82 Å². The first-order chi connectivity index (χ1) is 8.79. The normalized spacial score (nSPS) is 11.5. The molecular weight excluding hydrogens is 246 g/mol. The third-order valence-electron chi connectivity index (χ3n) is 2.67. The standard InChI is InChI=1S/C12H15N5O2/c1-12(2,3)9-6-10(13)16(15-9)11-5-4-8(7-14-11)17(18)19/h4-7H,13H2,1-3H3. The number of hydrogen-bond donors (Lipinski definition) is 1. The van der Waals surface area contributed by atoms with Crippen LogP contribution in [0.25, 0.3) is 5.82 Å². The topological polar surface area (TPSA) is 99.9 Å². The lowest BCUT2D eigenvalue weighted by Gasteiger charge is -2.13. The summed E-state index contributed by atoms with van der Waals surface area (Å²) in [5, 5.41) is 15.0. The van der Waals surface area contributed by atoms with E-state index in [1.54, 1.807) is 6.07 Å². The van der Waals surface area contributed by atoms with Crippen LogP contribution in [0, 0.1) is 10.1 Å². The van der Waals surface area contributed by atoms with Gasteiger partial charge in [-0.1, -0.05) is 20.8 Å². The van der Waals surface area contributed by atoms with Crippen LogP contribution in [0.15, 0.2) is 24.4 Å². The number of nitrogens with two attached hydrogens (primary N) is 1.